The Morgan fingerprint density at radius 1 is 1.32 bits per heavy atom. The van der Waals surface area contributed by atoms with E-state index in [1.807, 2.05) is 24.3 Å². The van der Waals surface area contributed by atoms with Crippen molar-refractivity contribution in [2.45, 2.75) is 43.9 Å². The second kappa shape index (κ2) is 10.8. The van der Waals surface area contributed by atoms with Crippen molar-refractivity contribution in [1.82, 2.24) is 0 Å². The highest BCUT2D eigenvalue weighted by Gasteiger charge is 2.16. The third kappa shape index (κ3) is 5.47. The summed E-state index contributed by atoms with van der Waals surface area (Å²) in [5.74, 6) is 0.159. The van der Waals surface area contributed by atoms with Crippen LogP contribution in [0.25, 0.3) is 11.0 Å². The van der Waals surface area contributed by atoms with Crippen LogP contribution in [0.5, 0.6) is 5.75 Å². The maximum absolute atomic E-state index is 11.1. The van der Waals surface area contributed by atoms with Crippen LogP contribution < -0.4 is 10.2 Å². The number of fused-ring (bicyclic) bond motifs is 1. The van der Waals surface area contributed by atoms with E-state index in [9.17, 15) is 10.0 Å². The number of hydrogen-bond acceptors (Lipinski definition) is 6. The van der Waals surface area contributed by atoms with E-state index in [1.165, 1.54) is 6.26 Å². The fourth-order valence-corrected chi connectivity index (χ4v) is 4.51. The summed E-state index contributed by atoms with van der Waals surface area (Å²) in [4.78, 5) is 12.1. The van der Waals surface area contributed by atoms with Gasteiger partial charge in [-0.25, -0.2) is 0 Å². The van der Waals surface area contributed by atoms with Crippen LogP contribution >= 0.6 is 23.4 Å². The molecule has 166 valence electrons. The fourth-order valence-electron chi connectivity index (χ4n) is 3.32. The number of thioether (sulfide) groups is 1. The number of furan rings is 1. The molecule has 0 aliphatic carbocycles. The molecule has 3 rings (SSSR count). The number of aryl methyl sites for hydroxylation is 1. The van der Waals surface area contributed by atoms with E-state index in [4.69, 9.17) is 25.9 Å². The Morgan fingerprint density at radius 3 is 2.81 bits per heavy atom. The zero-order chi connectivity index (χ0) is 22.4. The first-order chi connectivity index (χ1) is 15.0. The average Bonchev–Trinajstić information content (AvgIpc) is 3.18. The highest BCUT2D eigenvalue weighted by molar-refractivity contribution is 7.99. The molecule has 2 aromatic carbocycles. The number of benzene rings is 2. The van der Waals surface area contributed by atoms with Gasteiger partial charge in [0.2, 0.25) is 0 Å². The standard InChI is InChI=1S/C23H26ClNO5S/c1-3-5-17-20(8-7-16-19(25-28)13-30-22(16)17)29-10-4-11-31-21-9-6-15(12-18(21)24)14(2)23(26)27/h6-9,12-14,25,28H,3-5,10-11H2,1-2H3,(H,26,27). The summed E-state index contributed by atoms with van der Waals surface area (Å²) in [6.07, 6.45) is 4.08. The van der Waals surface area contributed by atoms with E-state index in [-0.39, 0.29) is 0 Å². The molecule has 31 heavy (non-hydrogen) atoms. The van der Waals surface area contributed by atoms with Crippen molar-refractivity contribution in [3.63, 3.8) is 0 Å². The third-order valence-electron chi connectivity index (χ3n) is 5.05. The first-order valence-corrected chi connectivity index (χ1v) is 11.5. The quantitative estimate of drug-likeness (QED) is 0.168. The summed E-state index contributed by atoms with van der Waals surface area (Å²) in [7, 11) is 0. The van der Waals surface area contributed by atoms with Gasteiger partial charge >= 0.3 is 5.97 Å². The monoisotopic (exact) mass is 463 g/mol. The fraction of sp³-hybridized carbons (Fsp3) is 0.348. The lowest BCUT2D eigenvalue weighted by atomic mass is 10.0. The Balaban J connectivity index is 1.57. The number of carbonyl (C=O) groups is 1. The van der Waals surface area contributed by atoms with Crippen LogP contribution in [-0.2, 0) is 11.2 Å². The molecular formula is C23H26ClNO5S. The molecule has 0 spiro atoms. The van der Waals surface area contributed by atoms with Crippen LogP contribution in [0.4, 0.5) is 5.69 Å². The number of aliphatic carboxylic acids is 1. The molecule has 3 aromatic rings. The molecule has 1 aromatic heterocycles. The van der Waals surface area contributed by atoms with Crippen LogP contribution in [0.1, 0.15) is 43.7 Å². The Labute approximate surface area is 190 Å². The number of carboxylic acids is 1. The molecule has 3 N–H and O–H groups in total. The molecular weight excluding hydrogens is 438 g/mol. The number of halogens is 1. The van der Waals surface area contributed by atoms with Crippen molar-refractivity contribution in [1.29, 1.82) is 0 Å². The lowest BCUT2D eigenvalue weighted by molar-refractivity contribution is -0.138. The molecule has 0 aliphatic rings. The minimum absolute atomic E-state index is 0.538. The number of carboxylic acid groups (broad SMARTS) is 1. The summed E-state index contributed by atoms with van der Waals surface area (Å²) in [6, 6.07) is 9.20. The van der Waals surface area contributed by atoms with E-state index >= 15 is 0 Å². The number of hydrogen-bond donors (Lipinski definition) is 3. The predicted octanol–water partition coefficient (Wildman–Crippen LogP) is 6.59. The molecule has 1 atom stereocenters. The van der Waals surface area contributed by atoms with Gasteiger partial charge in [-0.05, 0) is 49.6 Å². The molecule has 6 nitrogen and oxygen atoms in total. The summed E-state index contributed by atoms with van der Waals surface area (Å²) < 4.78 is 11.7. The van der Waals surface area contributed by atoms with Crippen LogP contribution in [0.3, 0.4) is 0 Å². The van der Waals surface area contributed by atoms with Gasteiger partial charge in [-0.15, -0.1) is 11.8 Å². The van der Waals surface area contributed by atoms with Crippen molar-refractivity contribution in [2.75, 3.05) is 17.8 Å². The molecule has 0 fully saturated rings. The molecule has 0 aliphatic heterocycles. The summed E-state index contributed by atoms with van der Waals surface area (Å²) >= 11 is 7.95. The molecule has 0 saturated heterocycles. The third-order valence-corrected chi connectivity index (χ3v) is 6.64. The molecule has 0 saturated carbocycles. The van der Waals surface area contributed by atoms with Crippen LogP contribution in [0.15, 0.2) is 45.9 Å². The van der Waals surface area contributed by atoms with Crippen molar-refractivity contribution in [2.24, 2.45) is 0 Å². The second-order valence-corrected chi connectivity index (χ2v) is 8.77. The average molecular weight is 464 g/mol. The van der Waals surface area contributed by atoms with Gasteiger partial charge in [-0.3, -0.25) is 15.5 Å². The van der Waals surface area contributed by atoms with Gasteiger partial charge in [0.05, 0.1) is 17.5 Å². The Kier molecular flexibility index (Phi) is 8.12. The Bertz CT molecular complexity index is 1050. The first-order valence-electron chi connectivity index (χ1n) is 10.2. The van der Waals surface area contributed by atoms with Crippen molar-refractivity contribution in [3.05, 3.63) is 52.7 Å². The van der Waals surface area contributed by atoms with Gasteiger partial charge in [0.25, 0.3) is 0 Å². The lowest BCUT2D eigenvalue weighted by Crippen LogP contribution is -2.07. The summed E-state index contributed by atoms with van der Waals surface area (Å²) in [6.45, 7) is 4.29. The lowest BCUT2D eigenvalue weighted by Gasteiger charge is -2.12. The number of nitrogens with one attached hydrogen (secondary N) is 1. The largest absolute Gasteiger partial charge is 0.493 e. The van der Waals surface area contributed by atoms with E-state index in [0.717, 1.165) is 52.2 Å². The first kappa shape index (κ1) is 23.3. The molecule has 0 amide bonds. The van der Waals surface area contributed by atoms with Crippen LogP contribution in [-0.4, -0.2) is 28.6 Å². The van der Waals surface area contributed by atoms with Crippen molar-refractivity contribution in [3.8, 4) is 5.75 Å². The summed E-state index contributed by atoms with van der Waals surface area (Å²) in [5, 5.41) is 19.7. The zero-order valence-electron chi connectivity index (χ0n) is 17.5. The Morgan fingerprint density at radius 2 is 2.13 bits per heavy atom. The molecule has 8 heteroatoms. The van der Waals surface area contributed by atoms with Crippen LogP contribution in [0.2, 0.25) is 5.02 Å². The van der Waals surface area contributed by atoms with Gasteiger partial charge < -0.3 is 14.3 Å². The van der Waals surface area contributed by atoms with E-state index < -0.39 is 11.9 Å². The number of anilines is 1. The van der Waals surface area contributed by atoms with Gasteiger partial charge in [0.1, 0.15) is 23.3 Å². The Hall–Kier alpha value is -2.35. The molecule has 0 radical (unpaired) electrons. The molecule has 1 unspecified atom stereocenters. The van der Waals surface area contributed by atoms with Crippen molar-refractivity contribution >= 4 is 46.0 Å². The van der Waals surface area contributed by atoms with Gasteiger partial charge in [-0.1, -0.05) is 31.0 Å². The zero-order valence-corrected chi connectivity index (χ0v) is 19.1. The second-order valence-electron chi connectivity index (χ2n) is 7.23. The maximum atomic E-state index is 11.1. The smallest absolute Gasteiger partial charge is 0.310 e. The summed E-state index contributed by atoms with van der Waals surface area (Å²) in [5.41, 5.74) is 5.12. The van der Waals surface area contributed by atoms with E-state index in [1.54, 1.807) is 24.8 Å². The number of rotatable bonds is 11. The highest BCUT2D eigenvalue weighted by atomic mass is 35.5. The minimum atomic E-state index is -0.868. The van der Waals surface area contributed by atoms with E-state index in [0.29, 0.717) is 22.9 Å². The molecule has 1 heterocycles. The topological polar surface area (TPSA) is 91.9 Å². The number of ether oxygens (including phenoxy) is 1. The maximum Gasteiger partial charge on any atom is 0.310 e. The highest BCUT2D eigenvalue weighted by Crippen LogP contribution is 2.35. The van der Waals surface area contributed by atoms with E-state index in [2.05, 4.69) is 12.4 Å². The minimum Gasteiger partial charge on any atom is -0.493 e. The van der Waals surface area contributed by atoms with Gasteiger partial charge in [-0.2, -0.15) is 0 Å². The van der Waals surface area contributed by atoms with Crippen molar-refractivity contribution < 1.29 is 24.3 Å². The van der Waals surface area contributed by atoms with Crippen LogP contribution in [0, 0.1) is 0 Å². The SMILES string of the molecule is CCCc1c(OCCCSc2ccc(C(C)C(=O)O)cc2Cl)ccc2c(NO)coc12. The molecule has 0 bridgehead atoms. The predicted molar refractivity (Wildman–Crippen MR) is 124 cm³/mol. The van der Waals surface area contributed by atoms with Gasteiger partial charge in [0.15, 0.2) is 0 Å². The normalized spacial score (nSPS) is 12.1. The van der Waals surface area contributed by atoms with Gasteiger partial charge in [0, 0.05) is 21.6 Å².